The van der Waals surface area contributed by atoms with Crippen molar-refractivity contribution in [3.8, 4) is 5.75 Å². The van der Waals surface area contributed by atoms with Gasteiger partial charge in [-0.25, -0.2) is 4.98 Å². The third-order valence-corrected chi connectivity index (χ3v) is 5.55. The van der Waals surface area contributed by atoms with Crippen molar-refractivity contribution in [3.63, 3.8) is 0 Å². The smallest absolute Gasteiger partial charge is 0.297 e. The van der Waals surface area contributed by atoms with E-state index in [0.717, 1.165) is 0 Å². The third kappa shape index (κ3) is 2.72. The molecule has 1 atom stereocenters. The summed E-state index contributed by atoms with van der Waals surface area (Å²) in [6, 6.07) is 7.99. The highest BCUT2D eigenvalue weighted by Gasteiger charge is 2.44. The van der Waals surface area contributed by atoms with Gasteiger partial charge in [-0.1, -0.05) is 6.07 Å². The number of benzene rings is 1. The molecule has 29 heavy (non-hydrogen) atoms. The van der Waals surface area contributed by atoms with Gasteiger partial charge in [0.05, 0.1) is 23.6 Å². The Balaban J connectivity index is 1.78. The van der Waals surface area contributed by atoms with Crippen LogP contribution in [0.15, 0.2) is 63.5 Å². The van der Waals surface area contributed by atoms with Gasteiger partial charge in [0.25, 0.3) is 5.91 Å². The zero-order chi connectivity index (χ0) is 20.0. The Hall–Kier alpha value is -3.52. The summed E-state index contributed by atoms with van der Waals surface area (Å²) in [4.78, 5) is 36.7. The summed E-state index contributed by atoms with van der Waals surface area (Å²) in [6.07, 6.45) is 4.92. The standard InChI is InChI=1S/C21H15N3O4S/c1-2-27-13-5-6-14-15(10-13)28-19-16(18(14)25)17(12-4-3-7-22-11-12)24(20(19)26)21-23-8-9-29-21/h3-11,17H,2H2,1H3. The molecule has 0 N–H and O–H groups in total. The van der Waals surface area contributed by atoms with E-state index in [1.807, 2.05) is 13.0 Å². The van der Waals surface area contributed by atoms with Gasteiger partial charge in [-0.2, -0.15) is 0 Å². The van der Waals surface area contributed by atoms with E-state index in [4.69, 9.17) is 9.15 Å². The minimum absolute atomic E-state index is 0.0280. The van der Waals surface area contributed by atoms with Crippen LogP contribution in [-0.4, -0.2) is 22.5 Å². The van der Waals surface area contributed by atoms with Crippen LogP contribution >= 0.6 is 11.3 Å². The van der Waals surface area contributed by atoms with Crippen molar-refractivity contribution in [1.82, 2.24) is 9.97 Å². The molecule has 0 spiro atoms. The monoisotopic (exact) mass is 405 g/mol. The maximum atomic E-state index is 13.4. The number of pyridine rings is 1. The molecule has 8 heteroatoms. The summed E-state index contributed by atoms with van der Waals surface area (Å²) >= 11 is 1.32. The summed E-state index contributed by atoms with van der Waals surface area (Å²) < 4.78 is 11.4. The number of fused-ring (bicyclic) bond motifs is 2. The van der Waals surface area contributed by atoms with Gasteiger partial charge in [0.1, 0.15) is 11.3 Å². The molecular weight excluding hydrogens is 390 g/mol. The predicted molar refractivity (Wildman–Crippen MR) is 109 cm³/mol. The molecule has 144 valence electrons. The Morgan fingerprint density at radius 2 is 2.14 bits per heavy atom. The lowest BCUT2D eigenvalue weighted by atomic mass is 10.00. The number of ether oxygens (including phenoxy) is 1. The zero-order valence-corrected chi connectivity index (χ0v) is 16.2. The number of nitrogens with zero attached hydrogens (tertiary/aromatic N) is 3. The first-order valence-electron chi connectivity index (χ1n) is 9.05. The molecule has 4 heterocycles. The molecule has 0 saturated carbocycles. The predicted octanol–water partition coefficient (Wildman–Crippen LogP) is 3.79. The number of rotatable bonds is 4. The van der Waals surface area contributed by atoms with Gasteiger partial charge < -0.3 is 9.15 Å². The van der Waals surface area contributed by atoms with Gasteiger partial charge in [-0.05, 0) is 30.7 Å². The molecular formula is C21H15N3O4S. The Morgan fingerprint density at radius 3 is 2.86 bits per heavy atom. The SMILES string of the molecule is CCOc1ccc2c(=O)c3c(oc2c1)C(=O)N(c1nccs1)C3c1cccnc1. The lowest BCUT2D eigenvalue weighted by molar-refractivity contribution is 0.0971. The van der Waals surface area contributed by atoms with Crippen molar-refractivity contribution >= 4 is 33.3 Å². The van der Waals surface area contributed by atoms with Crippen molar-refractivity contribution in [2.24, 2.45) is 0 Å². The minimum Gasteiger partial charge on any atom is -0.494 e. The minimum atomic E-state index is -0.649. The van der Waals surface area contributed by atoms with Gasteiger partial charge in [0, 0.05) is 30.0 Å². The summed E-state index contributed by atoms with van der Waals surface area (Å²) in [7, 11) is 0. The normalized spacial score (nSPS) is 15.7. The molecule has 0 bridgehead atoms. The first kappa shape index (κ1) is 17.6. The highest BCUT2D eigenvalue weighted by atomic mass is 32.1. The van der Waals surface area contributed by atoms with Gasteiger partial charge in [-0.3, -0.25) is 19.5 Å². The maximum Gasteiger partial charge on any atom is 0.297 e. The largest absolute Gasteiger partial charge is 0.494 e. The number of thiazole rings is 1. The number of amides is 1. The molecule has 1 aliphatic heterocycles. The fourth-order valence-electron chi connectivity index (χ4n) is 3.59. The second kappa shape index (κ2) is 6.82. The van der Waals surface area contributed by atoms with E-state index in [9.17, 15) is 9.59 Å². The van der Waals surface area contributed by atoms with E-state index < -0.39 is 11.9 Å². The van der Waals surface area contributed by atoms with Gasteiger partial charge >= 0.3 is 0 Å². The second-order valence-corrected chi connectivity index (χ2v) is 7.32. The number of hydrogen-bond acceptors (Lipinski definition) is 7. The Bertz CT molecular complexity index is 1270. The molecule has 1 amide bonds. The molecule has 1 aromatic carbocycles. The van der Waals surface area contributed by atoms with E-state index in [1.165, 1.54) is 16.2 Å². The average molecular weight is 405 g/mol. The molecule has 7 nitrogen and oxygen atoms in total. The molecule has 3 aromatic heterocycles. The summed E-state index contributed by atoms with van der Waals surface area (Å²) in [5.74, 6) is 0.207. The van der Waals surface area contributed by atoms with Gasteiger partial charge in [-0.15, -0.1) is 11.3 Å². The van der Waals surface area contributed by atoms with Crippen LogP contribution < -0.4 is 15.1 Å². The first-order chi connectivity index (χ1) is 14.2. The van der Waals surface area contributed by atoms with Crippen LogP contribution in [0.1, 0.15) is 34.6 Å². The molecule has 0 fully saturated rings. The van der Waals surface area contributed by atoms with Crippen LogP contribution in [0.2, 0.25) is 0 Å². The Labute approximate surface area is 169 Å². The quantitative estimate of drug-likeness (QED) is 0.513. The van der Waals surface area contributed by atoms with Gasteiger partial charge in [0.15, 0.2) is 10.6 Å². The fraction of sp³-hybridized carbons (Fsp3) is 0.143. The van der Waals surface area contributed by atoms with Crippen LogP contribution in [0.5, 0.6) is 5.75 Å². The second-order valence-electron chi connectivity index (χ2n) is 6.44. The van der Waals surface area contributed by atoms with Crippen LogP contribution in [-0.2, 0) is 0 Å². The first-order valence-corrected chi connectivity index (χ1v) is 9.93. The van der Waals surface area contributed by atoms with Crippen molar-refractivity contribution in [2.45, 2.75) is 13.0 Å². The van der Waals surface area contributed by atoms with E-state index in [-0.39, 0.29) is 11.2 Å². The molecule has 5 rings (SSSR count). The summed E-state index contributed by atoms with van der Waals surface area (Å²) in [5, 5.41) is 2.68. The number of carbonyl (C=O) groups excluding carboxylic acids is 1. The number of aromatic nitrogens is 2. The lowest BCUT2D eigenvalue weighted by Gasteiger charge is -2.22. The molecule has 0 radical (unpaired) electrons. The Kier molecular flexibility index (Phi) is 4.13. The topological polar surface area (TPSA) is 85.5 Å². The van der Waals surface area contributed by atoms with E-state index in [0.29, 0.717) is 39.6 Å². The highest BCUT2D eigenvalue weighted by molar-refractivity contribution is 7.13. The fourth-order valence-corrected chi connectivity index (χ4v) is 4.26. The van der Waals surface area contributed by atoms with E-state index in [2.05, 4.69) is 9.97 Å². The average Bonchev–Trinajstić information content (AvgIpc) is 3.36. The number of anilines is 1. The number of carbonyl (C=O) groups is 1. The van der Waals surface area contributed by atoms with Crippen LogP contribution in [0.3, 0.4) is 0 Å². The molecule has 0 saturated heterocycles. The van der Waals surface area contributed by atoms with Crippen molar-refractivity contribution in [3.05, 3.63) is 81.4 Å². The van der Waals surface area contributed by atoms with Crippen molar-refractivity contribution < 1.29 is 13.9 Å². The summed E-state index contributed by atoms with van der Waals surface area (Å²) in [6.45, 7) is 2.36. The summed E-state index contributed by atoms with van der Waals surface area (Å²) in [5.41, 5.74) is 1.09. The Morgan fingerprint density at radius 1 is 1.24 bits per heavy atom. The molecule has 1 unspecified atom stereocenters. The third-order valence-electron chi connectivity index (χ3n) is 4.78. The van der Waals surface area contributed by atoms with Gasteiger partial charge in [0.2, 0.25) is 5.76 Å². The number of hydrogen-bond donors (Lipinski definition) is 0. The highest BCUT2D eigenvalue weighted by Crippen LogP contribution is 2.41. The van der Waals surface area contributed by atoms with E-state index in [1.54, 1.807) is 48.2 Å². The zero-order valence-electron chi connectivity index (χ0n) is 15.4. The molecule has 0 aliphatic carbocycles. The molecule has 4 aromatic rings. The van der Waals surface area contributed by atoms with Crippen LogP contribution in [0.25, 0.3) is 11.0 Å². The van der Waals surface area contributed by atoms with Crippen molar-refractivity contribution in [2.75, 3.05) is 11.5 Å². The maximum absolute atomic E-state index is 13.4. The van der Waals surface area contributed by atoms with Crippen LogP contribution in [0.4, 0.5) is 5.13 Å². The lowest BCUT2D eigenvalue weighted by Crippen LogP contribution is -2.29. The van der Waals surface area contributed by atoms with Crippen molar-refractivity contribution in [1.29, 1.82) is 0 Å². The van der Waals surface area contributed by atoms with Crippen LogP contribution in [0, 0.1) is 0 Å². The molecule has 1 aliphatic rings. The van der Waals surface area contributed by atoms with E-state index >= 15 is 0 Å².